The quantitative estimate of drug-likeness (QED) is 0.842. The smallest absolute Gasteiger partial charge is 0.226 e. The molecule has 0 saturated heterocycles. The first kappa shape index (κ1) is 17.1. The summed E-state index contributed by atoms with van der Waals surface area (Å²) in [7, 11) is 0. The number of hydrogen-bond donors (Lipinski definition) is 1. The normalized spacial score (nSPS) is 10.2. The maximum atomic E-state index is 12.0. The van der Waals surface area contributed by atoms with Crippen LogP contribution in [0.25, 0.3) is 0 Å². The van der Waals surface area contributed by atoms with Crippen LogP contribution in [0.2, 0.25) is 0 Å². The Bertz CT molecular complexity index is 677. The topological polar surface area (TPSA) is 62.3 Å². The van der Waals surface area contributed by atoms with Gasteiger partial charge in [0.15, 0.2) is 0 Å². The number of nitrogens with zero attached hydrogens (tertiary/aromatic N) is 2. The zero-order chi connectivity index (χ0) is 16.7. The van der Waals surface area contributed by atoms with E-state index in [9.17, 15) is 9.59 Å². The average Bonchev–Trinajstić information content (AvgIpc) is 2.52. The maximum absolute atomic E-state index is 12.0. The highest BCUT2D eigenvalue weighted by Gasteiger charge is 2.12. The molecule has 0 aliphatic heterocycles. The van der Waals surface area contributed by atoms with E-state index in [0.717, 1.165) is 15.7 Å². The summed E-state index contributed by atoms with van der Waals surface area (Å²) < 4.78 is 0.900. The van der Waals surface area contributed by atoms with Crippen LogP contribution in [0.15, 0.2) is 53.3 Å². The highest BCUT2D eigenvalue weighted by atomic mass is 79.9. The molecule has 0 aliphatic carbocycles. The molecule has 2 amide bonds. The maximum Gasteiger partial charge on any atom is 0.226 e. The van der Waals surface area contributed by atoms with Gasteiger partial charge in [-0.3, -0.25) is 14.6 Å². The van der Waals surface area contributed by atoms with Crippen LogP contribution in [0.1, 0.15) is 18.9 Å². The first-order valence-electron chi connectivity index (χ1n) is 7.24. The van der Waals surface area contributed by atoms with Gasteiger partial charge in [0.2, 0.25) is 11.8 Å². The predicted octanol–water partition coefficient (Wildman–Crippen LogP) is 3.22. The Balaban J connectivity index is 1.88. The lowest BCUT2D eigenvalue weighted by Gasteiger charge is -2.20. The van der Waals surface area contributed by atoms with E-state index in [0.29, 0.717) is 13.1 Å². The number of aromatic nitrogens is 1. The number of pyridine rings is 1. The van der Waals surface area contributed by atoms with Crippen LogP contribution in [-0.2, 0) is 16.1 Å². The summed E-state index contributed by atoms with van der Waals surface area (Å²) >= 11 is 3.36. The van der Waals surface area contributed by atoms with Crippen molar-refractivity contribution in [2.45, 2.75) is 19.9 Å². The minimum absolute atomic E-state index is 0.0656. The standard InChI is InChI=1S/C17H18BrN3O2/c1-13(22)21(12-14-4-3-8-19-11-14)9-7-17(23)20-16-6-2-5-15(18)10-16/h2-6,8,10-11H,7,9,12H2,1H3,(H,20,23). The van der Waals surface area contributed by atoms with Gasteiger partial charge in [0.25, 0.3) is 0 Å². The molecule has 6 heteroatoms. The van der Waals surface area contributed by atoms with E-state index in [1.165, 1.54) is 6.92 Å². The zero-order valence-electron chi connectivity index (χ0n) is 12.8. The molecule has 2 rings (SSSR count). The van der Waals surface area contributed by atoms with Crippen molar-refractivity contribution in [2.75, 3.05) is 11.9 Å². The van der Waals surface area contributed by atoms with Crippen LogP contribution in [0, 0.1) is 0 Å². The number of rotatable bonds is 6. The molecule has 1 heterocycles. The molecule has 0 atom stereocenters. The molecule has 120 valence electrons. The van der Waals surface area contributed by atoms with Gasteiger partial charge in [-0.15, -0.1) is 0 Å². The van der Waals surface area contributed by atoms with E-state index in [-0.39, 0.29) is 18.2 Å². The van der Waals surface area contributed by atoms with Gasteiger partial charge in [0, 0.05) is 49.0 Å². The second-order valence-corrected chi connectivity index (χ2v) is 6.03. The van der Waals surface area contributed by atoms with Gasteiger partial charge in [0.05, 0.1) is 0 Å². The lowest BCUT2D eigenvalue weighted by atomic mass is 10.2. The fourth-order valence-electron chi connectivity index (χ4n) is 2.09. The zero-order valence-corrected chi connectivity index (χ0v) is 14.4. The van der Waals surface area contributed by atoms with Gasteiger partial charge in [-0.1, -0.05) is 28.1 Å². The van der Waals surface area contributed by atoms with Gasteiger partial charge in [-0.05, 0) is 29.8 Å². The first-order valence-corrected chi connectivity index (χ1v) is 8.04. The monoisotopic (exact) mass is 375 g/mol. The van der Waals surface area contributed by atoms with Gasteiger partial charge < -0.3 is 10.2 Å². The third-order valence-electron chi connectivity index (χ3n) is 3.26. The van der Waals surface area contributed by atoms with Crippen molar-refractivity contribution in [3.05, 3.63) is 58.8 Å². The third-order valence-corrected chi connectivity index (χ3v) is 3.75. The van der Waals surface area contributed by atoms with Crippen molar-refractivity contribution in [3.8, 4) is 0 Å². The molecule has 0 fully saturated rings. The number of carbonyl (C=O) groups is 2. The van der Waals surface area contributed by atoms with Crippen molar-refractivity contribution in [2.24, 2.45) is 0 Å². The van der Waals surface area contributed by atoms with E-state index in [2.05, 4.69) is 26.2 Å². The number of nitrogens with one attached hydrogen (secondary N) is 1. The summed E-state index contributed by atoms with van der Waals surface area (Å²) in [5.74, 6) is -0.190. The highest BCUT2D eigenvalue weighted by Crippen LogP contribution is 2.15. The predicted molar refractivity (Wildman–Crippen MR) is 92.7 cm³/mol. The lowest BCUT2D eigenvalue weighted by Crippen LogP contribution is -2.31. The molecule has 1 aromatic heterocycles. The van der Waals surface area contributed by atoms with Gasteiger partial charge in [0.1, 0.15) is 0 Å². The summed E-state index contributed by atoms with van der Waals surface area (Å²) in [6.45, 7) is 2.32. The molecule has 2 aromatic rings. The van der Waals surface area contributed by atoms with Crippen LogP contribution in [-0.4, -0.2) is 28.2 Å². The van der Waals surface area contributed by atoms with Gasteiger partial charge in [-0.2, -0.15) is 0 Å². The van der Waals surface area contributed by atoms with E-state index < -0.39 is 0 Å². The Morgan fingerprint density at radius 2 is 2.09 bits per heavy atom. The van der Waals surface area contributed by atoms with Crippen molar-refractivity contribution in [1.82, 2.24) is 9.88 Å². The fraction of sp³-hybridized carbons (Fsp3) is 0.235. The Kier molecular flexibility index (Phi) is 6.29. The second-order valence-electron chi connectivity index (χ2n) is 5.11. The minimum Gasteiger partial charge on any atom is -0.338 e. The van der Waals surface area contributed by atoms with Gasteiger partial charge >= 0.3 is 0 Å². The Hall–Kier alpha value is -2.21. The molecule has 0 aliphatic rings. The van der Waals surface area contributed by atoms with Crippen LogP contribution >= 0.6 is 15.9 Å². The summed E-state index contributed by atoms with van der Waals surface area (Å²) in [5, 5.41) is 2.82. The van der Waals surface area contributed by atoms with Crippen LogP contribution < -0.4 is 5.32 Å². The summed E-state index contributed by atoms with van der Waals surface area (Å²) in [5.41, 5.74) is 1.67. The Morgan fingerprint density at radius 3 is 2.74 bits per heavy atom. The van der Waals surface area contributed by atoms with E-state index in [1.54, 1.807) is 17.3 Å². The number of halogens is 1. The Morgan fingerprint density at radius 1 is 1.26 bits per heavy atom. The SMILES string of the molecule is CC(=O)N(CCC(=O)Nc1cccc(Br)c1)Cc1cccnc1. The molecule has 0 unspecified atom stereocenters. The lowest BCUT2D eigenvalue weighted by molar-refractivity contribution is -0.129. The first-order chi connectivity index (χ1) is 11.0. The van der Waals surface area contributed by atoms with Crippen molar-refractivity contribution < 1.29 is 9.59 Å². The van der Waals surface area contributed by atoms with Crippen LogP contribution in [0.5, 0.6) is 0 Å². The fourth-order valence-corrected chi connectivity index (χ4v) is 2.49. The molecule has 0 spiro atoms. The third kappa shape index (κ3) is 5.83. The summed E-state index contributed by atoms with van der Waals surface area (Å²) in [6, 6.07) is 11.1. The highest BCUT2D eigenvalue weighted by molar-refractivity contribution is 9.10. The second kappa shape index (κ2) is 8.43. The van der Waals surface area contributed by atoms with Crippen LogP contribution in [0.4, 0.5) is 5.69 Å². The molecule has 1 aromatic carbocycles. The molecule has 1 N–H and O–H groups in total. The van der Waals surface area contributed by atoms with E-state index in [1.807, 2.05) is 36.4 Å². The van der Waals surface area contributed by atoms with E-state index in [4.69, 9.17) is 0 Å². The average molecular weight is 376 g/mol. The molecule has 5 nitrogen and oxygen atoms in total. The van der Waals surface area contributed by atoms with Crippen molar-refractivity contribution in [1.29, 1.82) is 0 Å². The van der Waals surface area contributed by atoms with Crippen molar-refractivity contribution in [3.63, 3.8) is 0 Å². The van der Waals surface area contributed by atoms with E-state index >= 15 is 0 Å². The Labute approximate surface area is 143 Å². The molecule has 23 heavy (non-hydrogen) atoms. The van der Waals surface area contributed by atoms with Crippen LogP contribution in [0.3, 0.4) is 0 Å². The number of hydrogen-bond acceptors (Lipinski definition) is 3. The molecular weight excluding hydrogens is 358 g/mol. The minimum atomic E-state index is -0.125. The molecular formula is C17H18BrN3O2. The number of anilines is 1. The van der Waals surface area contributed by atoms with Crippen molar-refractivity contribution >= 4 is 33.4 Å². The number of amides is 2. The largest absolute Gasteiger partial charge is 0.338 e. The van der Waals surface area contributed by atoms with Gasteiger partial charge in [-0.25, -0.2) is 0 Å². The number of carbonyl (C=O) groups excluding carboxylic acids is 2. The molecule has 0 saturated carbocycles. The molecule has 0 bridgehead atoms. The summed E-state index contributed by atoms with van der Waals surface area (Å²) in [4.78, 5) is 29.4. The number of benzene rings is 1. The summed E-state index contributed by atoms with van der Waals surface area (Å²) in [6.07, 6.45) is 3.65. The molecule has 0 radical (unpaired) electrons.